The van der Waals surface area contributed by atoms with Gasteiger partial charge in [-0.15, -0.1) is 0 Å². The van der Waals surface area contributed by atoms with Gasteiger partial charge in [-0.1, -0.05) is 12.1 Å². The van der Waals surface area contributed by atoms with Crippen molar-refractivity contribution in [1.29, 1.82) is 0 Å². The maximum absolute atomic E-state index is 9.34. The van der Waals surface area contributed by atoms with Gasteiger partial charge in [-0.25, -0.2) is 0 Å². The highest BCUT2D eigenvalue weighted by atomic mass is 16.6. The van der Waals surface area contributed by atoms with Gasteiger partial charge < -0.3 is 24.4 Å². The lowest BCUT2D eigenvalue weighted by Crippen LogP contribution is -2.27. The third-order valence-corrected chi connectivity index (χ3v) is 2.98. The quantitative estimate of drug-likeness (QED) is 0.808. The van der Waals surface area contributed by atoms with Gasteiger partial charge in [-0.3, -0.25) is 0 Å². The van der Waals surface area contributed by atoms with Crippen LogP contribution in [0.3, 0.4) is 0 Å². The second kappa shape index (κ2) is 6.15. The van der Waals surface area contributed by atoms with Crippen molar-refractivity contribution >= 4 is 0 Å². The summed E-state index contributed by atoms with van der Waals surface area (Å²) in [7, 11) is 1.62. The molecule has 1 saturated heterocycles. The van der Waals surface area contributed by atoms with Crippen LogP contribution in [0.5, 0.6) is 5.75 Å². The normalized spacial score (nSPS) is 27.4. The van der Waals surface area contributed by atoms with E-state index in [2.05, 4.69) is 0 Å². The van der Waals surface area contributed by atoms with Gasteiger partial charge in [0, 0.05) is 6.42 Å². The fraction of sp³-hybridized carbons (Fsp3) is 0.538. The highest BCUT2D eigenvalue weighted by Gasteiger charge is 2.34. The Morgan fingerprint density at radius 3 is 2.67 bits per heavy atom. The molecule has 0 amide bonds. The van der Waals surface area contributed by atoms with Crippen LogP contribution in [0.15, 0.2) is 24.3 Å². The maximum atomic E-state index is 9.34. The van der Waals surface area contributed by atoms with Crippen LogP contribution in [-0.2, 0) is 16.1 Å². The summed E-state index contributed by atoms with van der Waals surface area (Å²) in [6, 6.07) is 7.56. The highest BCUT2D eigenvalue weighted by molar-refractivity contribution is 5.26. The van der Waals surface area contributed by atoms with E-state index in [1.54, 1.807) is 7.11 Å². The smallest absolute Gasteiger partial charge is 0.157 e. The molecule has 0 bridgehead atoms. The monoisotopic (exact) mass is 254 g/mol. The van der Waals surface area contributed by atoms with Gasteiger partial charge >= 0.3 is 0 Å². The van der Waals surface area contributed by atoms with Crippen molar-refractivity contribution < 1.29 is 24.4 Å². The van der Waals surface area contributed by atoms with E-state index in [1.165, 1.54) is 0 Å². The van der Waals surface area contributed by atoms with Gasteiger partial charge in [0.25, 0.3) is 0 Å². The number of methoxy groups -OCH3 is 1. The predicted molar refractivity (Wildman–Crippen MR) is 64.2 cm³/mol. The van der Waals surface area contributed by atoms with Crippen molar-refractivity contribution in [2.24, 2.45) is 0 Å². The van der Waals surface area contributed by atoms with Crippen molar-refractivity contribution in [3.8, 4) is 5.75 Å². The molecule has 100 valence electrons. The summed E-state index contributed by atoms with van der Waals surface area (Å²) in [6.45, 7) is 0.269. The van der Waals surface area contributed by atoms with Crippen LogP contribution in [0.4, 0.5) is 0 Å². The predicted octanol–water partition coefficient (Wildman–Crippen LogP) is 0.680. The summed E-state index contributed by atoms with van der Waals surface area (Å²) in [4.78, 5) is 0. The molecule has 1 aliphatic heterocycles. The molecule has 0 spiro atoms. The van der Waals surface area contributed by atoms with Gasteiger partial charge in [0.2, 0.25) is 0 Å². The van der Waals surface area contributed by atoms with Crippen LogP contribution >= 0.6 is 0 Å². The van der Waals surface area contributed by atoms with E-state index in [1.807, 2.05) is 24.3 Å². The average Bonchev–Trinajstić information content (AvgIpc) is 2.77. The molecule has 0 aliphatic carbocycles. The molecule has 1 aromatic carbocycles. The Morgan fingerprint density at radius 1 is 1.33 bits per heavy atom. The summed E-state index contributed by atoms with van der Waals surface area (Å²) < 4.78 is 15.8. The van der Waals surface area contributed by atoms with Gasteiger partial charge in [-0.05, 0) is 17.7 Å². The van der Waals surface area contributed by atoms with Crippen LogP contribution in [-0.4, -0.2) is 42.4 Å². The fourth-order valence-corrected chi connectivity index (χ4v) is 1.96. The molecule has 5 nitrogen and oxygen atoms in total. The molecule has 0 saturated carbocycles. The molecule has 1 aliphatic rings. The van der Waals surface area contributed by atoms with Gasteiger partial charge in [0.05, 0.1) is 26.4 Å². The third-order valence-electron chi connectivity index (χ3n) is 2.98. The first-order valence-electron chi connectivity index (χ1n) is 5.92. The molecular formula is C13H18O5. The SMILES string of the molecule is COc1ccc(CO[C@@H]2C[C@H](O)O[C@@H]2CO)cc1. The van der Waals surface area contributed by atoms with Crippen molar-refractivity contribution in [3.05, 3.63) is 29.8 Å². The van der Waals surface area contributed by atoms with Crippen LogP contribution in [0.25, 0.3) is 0 Å². The van der Waals surface area contributed by atoms with Crippen LogP contribution in [0.2, 0.25) is 0 Å². The van der Waals surface area contributed by atoms with Crippen LogP contribution in [0.1, 0.15) is 12.0 Å². The van der Waals surface area contributed by atoms with Crippen LogP contribution in [0, 0.1) is 0 Å². The molecule has 0 unspecified atom stereocenters. The lowest BCUT2D eigenvalue weighted by Gasteiger charge is -2.16. The summed E-state index contributed by atoms with van der Waals surface area (Å²) in [5.41, 5.74) is 1.01. The van der Waals surface area contributed by atoms with Gasteiger partial charge in [0.1, 0.15) is 11.9 Å². The largest absolute Gasteiger partial charge is 0.497 e. The second-order valence-corrected chi connectivity index (χ2v) is 4.24. The Morgan fingerprint density at radius 2 is 2.06 bits per heavy atom. The molecule has 0 aromatic heterocycles. The van der Waals surface area contributed by atoms with E-state index >= 15 is 0 Å². The number of hydrogen-bond acceptors (Lipinski definition) is 5. The third kappa shape index (κ3) is 3.20. The topological polar surface area (TPSA) is 68.2 Å². The first kappa shape index (κ1) is 13.3. The summed E-state index contributed by atoms with van der Waals surface area (Å²) >= 11 is 0. The molecule has 1 heterocycles. The number of hydrogen-bond donors (Lipinski definition) is 2. The first-order chi connectivity index (χ1) is 8.72. The average molecular weight is 254 g/mol. The molecule has 2 N–H and O–H groups in total. The lowest BCUT2D eigenvalue weighted by molar-refractivity contribution is -0.112. The molecular weight excluding hydrogens is 236 g/mol. The molecule has 5 heteroatoms. The standard InChI is InChI=1S/C13H18O5/c1-16-10-4-2-9(3-5-10)8-17-11-6-13(15)18-12(11)7-14/h2-5,11-15H,6-8H2,1H3/t11-,12-,13-/m1/s1. The van der Waals surface area contributed by atoms with Gasteiger partial charge in [-0.2, -0.15) is 0 Å². The maximum Gasteiger partial charge on any atom is 0.157 e. The van der Waals surface area contributed by atoms with E-state index in [9.17, 15) is 5.11 Å². The Balaban J connectivity index is 1.86. The zero-order valence-electron chi connectivity index (χ0n) is 10.3. The van der Waals surface area contributed by atoms with E-state index < -0.39 is 12.4 Å². The molecule has 1 aromatic rings. The zero-order chi connectivity index (χ0) is 13.0. The van der Waals surface area contributed by atoms with E-state index in [-0.39, 0.29) is 12.7 Å². The molecule has 3 atom stereocenters. The number of benzene rings is 1. The summed E-state index contributed by atoms with van der Waals surface area (Å²) in [5, 5.41) is 18.4. The Bertz CT molecular complexity index is 364. The minimum Gasteiger partial charge on any atom is -0.497 e. The Labute approximate surface area is 106 Å². The number of rotatable bonds is 5. The fourth-order valence-electron chi connectivity index (χ4n) is 1.96. The van der Waals surface area contributed by atoms with E-state index in [0.717, 1.165) is 11.3 Å². The van der Waals surface area contributed by atoms with Crippen molar-refractivity contribution in [2.75, 3.05) is 13.7 Å². The number of aliphatic hydroxyl groups is 2. The first-order valence-corrected chi connectivity index (χ1v) is 5.92. The van der Waals surface area contributed by atoms with Crippen molar-refractivity contribution in [1.82, 2.24) is 0 Å². The number of ether oxygens (including phenoxy) is 3. The van der Waals surface area contributed by atoms with Crippen molar-refractivity contribution in [3.63, 3.8) is 0 Å². The molecule has 2 rings (SSSR count). The van der Waals surface area contributed by atoms with Crippen molar-refractivity contribution in [2.45, 2.75) is 31.5 Å². The van der Waals surface area contributed by atoms with Crippen LogP contribution < -0.4 is 4.74 Å². The minimum absolute atomic E-state index is 0.148. The Kier molecular flexibility index (Phi) is 4.54. The lowest BCUT2D eigenvalue weighted by atomic mass is 10.2. The minimum atomic E-state index is -0.844. The Hall–Kier alpha value is -1.14. The number of aliphatic hydroxyl groups excluding tert-OH is 2. The summed E-state index contributed by atoms with van der Waals surface area (Å²) in [6.07, 6.45) is -1.17. The zero-order valence-corrected chi connectivity index (χ0v) is 10.3. The highest BCUT2D eigenvalue weighted by Crippen LogP contribution is 2.23. The van der Waals surface area contributed by atoms with E-state index in [0.29, 0.717) is 13.0 Å². The summed E-state index contributed by atoms with van der Waals surface area (Å²) in [5.74, 6) is 0.798. The molecule has 18 heavy (non-hydrogen) atoms. The molecule has 1 fully saturated rings. The molecule has 0 radical (unpaired) electrons. The van der Waals surface area contributed by atoms with E-state index in [4.69, 9.17) is 19.3 Å². The second-order valence-electron chi connectivity index (χ2n) is 4.24. The van der Waals surface area contributed by atoms with Gasteiger partial charge in [0.15, 0.2) is 6.29 Å².